The van der Waals surface area contributed by atoms with Gasteiger partial charge in [-0.25, -0.2) is 0 Å². The molecule has 0 aromatic heterocycles. The van der Waals surface area contributed by atoms with Crippen LogP contribution < -0.4 is 5.32 Å². The van der Waals surface area contributed by atoms with Crippen LogP contribution in [0.5, 0.6) is 0 Å². The first-order valence-corrected chi connectivity index (χ1v) is 6.13. The third-order valence-electron chi connectivity index (χ3n) is 2.76. The van der Waals surface area contributed by atoms with Crippen LogP contribution in [0.15, 0.2) is 18.2 Å². The molecule has 0 fully saturated rings. The van der Waals surface area contributed by atoms with Gasteiger partial charge in [-0.2, -0.15) is 13.2 Å². The van der Waals surface area contributed by atoms with Crippen LogP contribution in [-0.2, 0) is 4.79 Å². The first-order valence-electron chi connectivity index (χ1n) is 6.13. The van der Waals surface area contributed by atoms with E-state index in [0.29, 0.717) is 5.56 Å². The number of carbonyl (C=O) groups is 2. The molecule has 0 aliphatic heterocycles. The molecule has 0 spiro atoms. The van der Waals surface area contributed by atoms with Gasteiger partial charge in [0.15, 0.2) is 5.78 Å². The molecule has 6 heteroatoms. The van der Waals surface area contributed by atoms with E-state index >= 15 is 0 Å². The number of hydrogen-bond donors (Lipinski definition) is 1. The summed E-state index contributed by atoms with van der Waals surface area (Å²) < 4.78 is 35.7. The van der Waals surface area contributed by atoms with Gasteiger partial charge in [-0.05, 0) is 25.5 Å². The van der Waals surface area contributed by atoms with E-state index in [1.807, 2.05) is 13.0 Å². The van der Waals surface area contributed by atoms with Crippen LogP contribution >= 0.6 is 0 Å². The SMILES string of the molecule is Cc1ccc(C)c(C(=O)CCC(=O)NCC(F)(F)F)c1. The second-order valence-electron chi connectivity index (χ2n) is 4.63. The van der Waals surface area contributed by atoms with Crippen molar-refractivity contribution in [1.29, 1.82) is 0 Å². The number of nitrogens with one attached hydrogen (secondary N) is 1. The Morgan fingerprint density at radius 1 is 1.15 bits per heavy atom. The fourth-order valence-corrected chi connectivity index (χ4v) is 1.69. The zero-order chi connectivity index (χ0) is 15.3. The number of rotatable bonds is 5. The van der Waals surface area contributed by atoms with Gasteiger partial charge in [0.25, 0.3) is 0 Å². The van der Waals surface area contributed by atoms with E-state index in [1.54, 1.807) is 24.4 Å². The predicted octanol–water partition coefficient (Wildman–Crippen LogP) is 2.94. The van der Waals surface area contributed by atoms with Crippen molar-refractivity contribution in [3.05, 3.63) is 34.9 Å². The molecule has 20 heavy (non-hydrogen) atoms. The normalized spacial score (nSPS) is 11.2. The number of benzene rings is 1. The van der Waals surface area contributed by atoms with Crippen molar-refractivity contribution in [1.82, 2.24) is 5.32 Å². The van der Waals surface area contributed by atoms with E-state index in [2.05, 4.69) is 0 Å². The Morgan fingerprint density at radius 2 is 1.80 bits per heavy atom. The first-order chi connectivity index (χ1) is 9.19. The molecule has 0 unspecified atom stereocenters. The third kappa shape index (κ3) is 5.42. The second kappa shape index (κ2) is 6.54. The highest BCUT2D eigenvalue weighted by molar-refractivity contribution is 5.99. The minimum atomic E-state index is -4.44. The molecule has 0 aliphatic carbocycles. The van der Waals surface area contributed by atoms with Gasteiger partial charge < -0.3 is 5.32 Å². The Bertz CT molecular complexity index is 510. The molecule has 1 aromatic carbocycles. The Morgan fingerprint density at radius 3 is 2.40 bits per heavy atom. The summed E-state index contributed by atoms with van der Waals surface area (Å²) in [5, 5.41) is 1.74. The number of amides is 1. The van der Waals surface area contributed by atoms with Gasteiger partial charge in [0, 0.05) is 18.4 Å². The highest BCUT2D eigenvalue weighted by Crippen LogP contribution is 2.14. The maximum Gasteiger partial charge on any atom is 0.405 e. The molecule has 0 saturated heterocycles. The molecule has 110 valence electrons. The molecule has 1 rings (SSSR count). The molecule has 1 aromatic rings. The molecule has 1 N–H and O–H groups in total. The van der Waals surface area contributed by atoms with E-state index in [4.69, 9.17) is 0 Å². The fourth-order valence-electron chi connectivity index (χ4n) is 1.69. The van der Waals surface area contributed by atoms with Crippen LogP contribution in [0.3, 0.4) is 0 Å². The first kappa shape index (κ1) is 16.2. The average Bonchev–Trinajstić information content (AvgIpc) is 2.35. The Kier molecular flexibility index (Phi) is 5.30. The summed E-state index contributed by atoms with van der Waals surface area (Å²) in [6.45, 7) is 2.24. The lowest BCUT2D eigenvalue weighted by atomic mass is 9.99. The number of ketones is 1. The van der Waals surface area contributed by atoms with Crippen LogP contribution in [0.25, 0.3) is 0 Å². The molecule has 0 saturated carbocycles. The fraction of sp³-hybridized carbons (Fsp3) is 0.429. The third-order valence-corrected chi connectivity index (χ3v) is 2.76. The van der Waals surface area contributed by atoms with Crippen LogP contribution in [0, 0.1) is 13.8 Å². The van der Waals surface area contributed by atoms with Gasteiger partial charge in [0.1, 0.15) is 6.54 Å². The summed E-state index contributed by atoms with van der Waals surface area (Å²) in [5.74, 6) is -1.02. The Labute approximate surface area is 115 Å². The molecular weight excluding hydrogens is 271 g/mol. The standard InChI is InChI=1S/C14H16F3NO2/c1-9-3-4-10(2)11(7-9)12(19)5-6-13(20)18-8-14(15,16)17/h3-4,7H,5-6,8H2,1-2H3,(H,18,20). The summed E-state index contributed by atoms with van der Waals surface area (Å²) in [7, 11) is 0. The molecule has 0 radical (unpaired) electrons. The number of hydrogen-bond acceptors (Lipinski definition) is 2. The number of alkyl halides is 3. The maximum absolute atomic E-state index is 11.9. The van der Waals surface area contributed by atoms with Crippen molar-refractivity contribution >= 4 is 11.7 Å². The number of aryl methyl sites for hydroxylation is 2. The molecule has 0 atom stereocenters. The number of carbonyl (C=O) groups excluding carboxylic acids is 2. The lowest BCUT2D eigenvalue weighted by molar-refractivity contribution is -0.138. The highest BCUT2D eigenvalue weighted by Gasteiger charge is 2.27. The van der Waals surface area contributed by atoms with Gasteiger partial charge in [-0.3, -0.25) is 9.59 Å². The van der Waals surface area contributed by atoms with Crippen molar-refractivity contribution < 1.29 is 22.8 Å². The molecular formula is C14H16F3NO2. The quantitative estimate of drug-likeness (QED) is 0.846. The minimum Gasteiger partial charge on any atom is -0.347 e. The van der Waals surface area contributed by atoms with Gasteiger partial charge in [0.05, 0.1) is 0 Å². The van der Waals surface area contributed by atoms with E-state index in [1.165, 1.54) is 0 Å². The topological polar surface area (TPSA) is 46.2 Å². The number of halogens is 3. The van der Waals surface area contributed by atoms with Crippen molar-refractivity contribution in [2.45, 2.75) is 32.9 Å². The van der Waals surface area contributed by atoms with E-state index in [0.717, 1.165) is 11.1 Å². The zero-order valence-corrected chi connectivity index (χ0v) is 11.3. The summed E-state index contributed by atoms with van der Waals surface area (Å²) >= 11 is 0. The maximum atomic E-state index is 11.9. The van der Waals surface area contributed by atoms with Gasteiger partial charge in [-0.15, -0.1) is 0 Å². The highest BCUT2D eigenvalue weighted by atomic mass is 19.4. The van der Waals surface area contributed by atoms with Gasteiger partial charge in [0.2, 0.25) is 5.91 Å². The van der Waals surface area contributed by atoms with Crippen LogP contribution in [0.1, 0.15) is 34.3 Å². The lowest BCUT2D eigenvalue weighted by Crippen LogP contribution is -2.33. The molecule has 0 bridgehead atoms. The summed E-state index contributed by atoms with van der Waals surface area (Å²) in [5.41, 5.74) is 2.21. The van der Waals surface area contributed by atoms with E-state index in [9.17, 15) is 22.8 Å². The van der Waals surface area contributed by atoms with Crippen LogP contribution in [0.4, 0.5) is 13.2 Å². The van der Waals surface area contributed by atoms with Crippen LogP contribution in [-0.4, -0.2) is 24.4 Å². The van der Waals surface area contributed by atoms with Crippen molar-refractivity contribution in [3.63, 3.8) is 0 Å². The lowest BCUT2D eigenvalue weighted by Gasteiger charge is -2.09. The Hall–Kier alpha value is -1.85. The van der Waals surface area contributed by atoms with Gasteiger partial charge >= 0.3 is 6.18 Å². The van der Waals surface area contributed by atoms with E-state index in [-0.39, 0.29) is 18.6 Å². The largest absolute Gasteiger partial charge is 0.405 e. The van der Waals surface area contributed by atoms with E-state index < -0.39 is 18.6 Å². The molecule has 0 heterocycles. The predicted molar refractivity (Wildman–Crippen MR) is 68.5 cm³/mol. The van der Waals surface area contributed by atoms with Gasteiger partial charge in [-0.1, -0.05) is 17.7 Å². The van der Waals surface area contributed by atoms with Crippen molar-refractivity contribution in [2.24, 2.45) is 0 Å². The monoisotopic (exact) mass is 287 g/mol. The Balaban J connectivity index is 2.51. The van der Waals surface area contributed by atoms with Crippen molar-refractivity contribution in [2.75, 3.05) is 6.54 Å². The summed E-state index contributed by atoms with van der Waals surface area (Å²) in [6, 6.07) is 5.37. The second-order valence-corrected chi connectivity index (χ2v) is 4.63. The molecule has 3 nitrogen and oxygen atoms in total. The zero-order valence-electron chi connectivity index (χ0n) is 11.3. The average molecular weight is 287 g/mol. The summed E-state index contributed by atoms with van der Waals surface area (Å²) in [4.78, 5) is 23.1. The molecule has 0 aliphatic rings. The number of Topliss-reactive ketones (excluding diaryl/α,β-unsaturated/α-hetero) is 1. The minimum absolute atomic E-state index is 0.103. The smallest absolute Gasteiger partial charge is 0.347 e. The van der Waals surface area contributed by atoms with Crippen LogP contribution in [0.2, 0.25) is 0 Å². The van der Waals surface area contributed by atoms with Crippen molar-refractivity contribution in [3.8, 4) is 0 Å². The molecule has 1 amide bonds. The summed E-state index contributed by atoms with van der Waals surface area (Å²) in [6.07, 6.45) is -4.79.